The molecule has 0 aliphatic carbocycles. The monoisotopic (exact) mass is 400 g/mol. The summed E-state index contributed by atoms with van der Waals surface area (Å²) in [5, 5.41) is 2.93. The Kier molecular flexibility index (Phi) is 6.38. The summed E-state index contributed by atoms with van der Waals surface area (Å²) in [4.78, 5) is 11.9. The Bertz CT molecular complexity index is 663. The maximum Gasteiger partial charge on any atom is 0.244 e. The molecule has 0 spiro atoms. The first-order valence-corrected chi connectivity index (χ1v) is 10.0. The molecule has 0 aromatic heterocycles. The third-order valence-electron chi connectivity index (χ3n) is 3.86. The largest absolute Gasteiger partial charge is 0.350 e. The van der Waals surface area contributed by atoms with Crippen LogP contribution in [0.4, 0.5) is 0 Å². The van der Waals surface area contributed by atoms with Crippen molar-refractivity contribution >= 4 is 37.9 Å². The lowest BCUT2D eigenvalue weighted by molar-refractivity contribution is -0.117. The summed E-state index contributed by atoms with van der Waals surface area (Å²) in [5.74, 6) is -0.0235. The Labute approximate surface area is 145 Å². The van der Waals surface area contributed by atoms with Gasteiger partial charge in [0.1, 0.15) is 0 Å². The lowest BCUT2D eigenvalue weighted by Gasteiger charge is -2.31. The number of nitrogens with zero attached hydrogens (tertiary/aromatic N) is 1. The van der Waals surface area contributed by atoms with Gasteiger partial charge in [-0.3, -0.25) is 4.79 Å². The highest BCUT2D eigenvalue weighted by molar-refractivity contribution is 9.10. The lowest BCUT2D eigenvalue weighted by atomic mass is 10.1. The van der Waals surface area contributed by atoms with Gasteiger partial charge in [-0.25, -0.2) is 12.7 Å². The zero-order valence-electron chi connectivity index (χ0n) is 13.0. The molecule has 0 unspecified atom stereocenters. The maximum absolute atomic E-state index is 11.9. The summed E-state index contributed by atoms with van der Waals surface area (Å²) in [5.41, 5.74) is 0.951. The highest BCUT2D eigenvalue weighted by Gasteiger charge is 2.26. The molecule has 0 atom stereocenters. The third-order valence-corrected chi connectivity index (χ3v) is 6.27. The smallest absolute Gasteiger partial charge is 0.244 e. The Hall–Kier alpha value is -1.18. The van der Waals surface area contributed by atoms with Gasteiger partial charge in [0.15, 0.2) is 0 Å². The van der Waals surface area contributed by atoms with Crippen molar-refractivity contribution in [1.29, 1.82) is 0 Å². The van der Waals surface area contributed by atoms with Gasteiger partial charge in [-0.2, -0.15) is 0 Å². The summed E-state index contributed by atoms with van der Waals surface area (Å²) in [7, 11) is -3.12. The number of halogens is 1. The van der Waals surface area contributed by atoms with Gasteiger partial charge in [-0.15, -0.1) is 0 Å². The van der Waals surface area contributed by atoms with Crippen molar-refractivity contribution in [2.45, 2.75) is 25.8 Å². The topological polar surface area (TPSA) is 66.5 Å². The molecule has 1 fully saturated rings. The van der Waals surface area contributed by atoms with Gasteiger partial charge in [0.2, 0.25) is 15.9 Å². The van der Waals surface area contributed by atoms with E-state index in [-0.39, 0.29) is 17.7 Å². The van der Waals surface area contributed by atoms with Crippen LogP contribution in [0.3, 0.4) is 0 Å². The minimum Gasteiger partial charge on any atom is -0.350 e. The molecule has 1 heterocycles. The van der Waals surface area contributed by atoms with Gasteiger partial charge in [0.05, 0.1) is 5.75 Å². The zero-order chi connectivity index (χ0) is 16.9. The van der Waals surface area contributed by atoms with E-state index in [4.69, 9.17) is 0 Å². The summed E-state index contributed by atoms with van der Waals surface area (Å²) < 4.78 is 26.1. The minimum absolute atomic E-state index is 0.0281. The molecule has 1 aromatic rings. The molecule has 0 radical (unpaired) electrons. The minimum atomic E-state index is -3.12. The number of carbonyl (C=O) groups excluding carboxylic acids is 1. The van der Waals surface area contributed by atoms with Crippen LogP contribution in [0.1, 0.15) is 25.3 Å². The normalized spacial score (nSPS) is 17.5. The number of sulfonamides is 1. The van der Waals surface area contributed by atoms with Crippen molar-refractivity contribution in [2.75, 3.05) is 18.8 Å². The van der Waals surface area contributed by atoms with Crippen LogP contribution in [-0.2, 0) is 14.8 Å². The number of carbonyl (C=O) groups is 1. The number of nitrogens with one attached hydrogen (secondary N) is 1. The average molecular weight is 401 g/mol. The van der Waals surface area contributed by atoms with Crippen LogP contribution in [0.2, 0.25) is 0 Å². The van der Waals surface area contributed by atoms with E-state index in [0.717, 1.165) is 10.0 Å². The van der Waals surface area contributed by atoms with Crippen molar-refractivity contribution in [3.8, 4) is 0 Å². The predicted octanol–water partition coefficient (Wildman–Crippen LogP) is 2.39. The molecule has 7 heteroatoms. The molecule has 0 saturated carbocycles. The van der Waals surface area contributed by atoms with Crippen molar-refractivity contribution in [2.24, 2.45) is 0 Å². The first-order valence-electron chi connectivity index (χ1n) is 7.62. The van der Waals surface area contributed by atoms with Gasteiger partial charge in [0, 0.05) is 29.7 Å². The molecule has 1 amide bonds. The molecule has 1 saturated heterocycles. The molecule has 1 N–H and O–H groups in total. The van der Waals surface area contributed by atoms with Crippen molar-refractivity contribution < 1.29 is 13.2 Å². The first-order chi connectivity index (χ1) is 10.9. The van der Waals surface area contributed by atoms with Crippen molar-refractivity contribution in [3.63, 3.8) is 0 Å². The summed E-state index contributed by atoms with van der Waals surface area (Å²) in [6, 6.07) is 7.70. The number of benzene rings is 1. The van der Waals surface area contributed by atoms with Gasteiger partial charge < -0.3 is 5.32 Å². The second kappa shape index (κ2) is 8.08. The number of hydrogen-bond donors (Lipinski definition) is 1. The van der Waals surface area contributed by atoms with Crippen LogP contribution >= 0.6 is 15.9 Å². The summed E-state index contributed by atoms with van der Waals surface area (Å²) >= 11 is 3.36. The van der Waals surface area contributed by atoms with E-state index in [1.54, 1.807) is 13.0 Å². The number of amides is 1. The fourth-order valence-electron chi connectivity index (χ4n) is 2.46. The highest BCUT2D eigenvalue weighted by Crippen LogP contribution is 2.15. The first kappa shape index (κ1) is 18.2. The fourth-order valence-corrected chi connectivity index (χ4v) is 3.85. The van der Waals surface area contributed by atoms with Crippen LogP contribution in [0.25, 0.3) is 6.08 Å². The van der Waals surface area contributed by atoms with E-state index >= 15 is 0 Å². The number of piperidine rings is 1. The summed E-state index contributed by atoms with van der Waals surface area (Å²) in [6.45, 7) is 2.59. The Morgan fingerprint density at radius 3 is 2.48 bits per heavy atom. The van der Waals surface area contributed by atoms with Crippen LogP contribution < -0.4 is 5.32 Å². The molecule has 1 aromatic carbocycles. The molecule has 23 heavy (non-hydrogen) atoms. The van der Waals surface area contributed by atoms with Crippen LogP contribution in [-0.4, -0.2) is 43.5 Å². The van der Waals surface area contributed by atoms with E-state index in [0.29, 0.717) is 25.9 Å². The van der Waals surface area contributed by atoms with Crippen molar-refractivity contribution in [1.82, 2.24) is 9.62 Å². The summed E-state index contributed by atoms with van der Waals surface area (Å²) in [6.07, 6.45) is 4.57. The number of hydrogen-bond acceptors (Lipinski definition) is 3. The molecule has 2 rings (SSSR count). The van der Waals surface area contributed by atoms with Gasteiger partial charge >= 0.3 is 0 Å². The van der Waals surface area contributed by atoms with Crippen LogP contribution in [0.5, 0.6) is 0 Å². The number of rotatable bonds is 5. The van der Waals surface area contributed by atoms with Gasteiger partial charge in [0.25, 0.3) is 0 Å². The second-order valence-corrected chi connectivity index (χ2v) is 8.64. The molecule has 1 aliphatic rings. The van der Waals surface area contributed by atoms with E-state index in [2.05, 4.69) is 21.2 Å². The Morgan fingerprint density at radius 1 is 1.30 bits per heavy atom. The standard InChI is InChI=1S/C16H21BrN2O3S/c1-2-23(21,22)19-11-9-15(10-12-19)18-16(20)8-5-13-3-6-14(17)7-4-13/h3-8,15H,2,9-12H2,1H3,(H,18,20)/b8-5+. The zero-order valence-corrected chi connectivity index (χ0v) is 15.4. The quantitative estimate of drug-likeness (QED) is 0.771. The molecule has 1 aliphatic heterocycles. The van der Waals surface area contributed by atoms with Crippen molar-refractivity contribution in [3.05, 3.63) is 40.4 Å². The fraction of sp³-hybridized carbons (Fsp3) is 0.438. The van der Waals surface area contributed by atoms with E-state index in [1.165, 1.54) is 10.4 Å². The Morgan fingerprint density at radius 2 is 1.91 bits per heavy atom. The molecule has 126 valence electrons. The third kappa shape index (κ3) is 5.44. The van der Waals surface area contributed by atoms with Gasteiger partial charge in [-0.1, -0.05) is 28.1 Å². The molecular weight excluding hydrogens is 380 g/mol. The SMILES string of the molecule is CCS(=O)(=O)N1CCC(NC(=O)/C=C/c2ccc(Br)cc2)CC1. The van der Waals surface area contributed by atoms with Crippen LogP contribution in [0.15, 0.2) is 34.8 Å². The Balaban J connectivity index is 1.82. The maximum atomic E-state index is 11.9. The highest BCUT2D eigenvalue weighted by atomic mass is 79.9. The molecule has 0 bridgehead atoms. The van der Waals surface area contributed by atoms with Gasteiger partial charge in [-0.05, 0) is 43.5 Å². The van der Waals surface area contributed by atoms with E-state index < -0.39 is 10.0 Å². The lowest BCUT2D eigenvalue weighted by Crippen LogP contribution is -2.46. The van der Waals surface area contributed by atoms with E-state index in [9.17, 15) is 13.2 Å². The molecule has 5 nitrogen and oxygen atoms in total. The average Bonchev–Trinajstić information content (AvgIpc) is 2.55. The predicted molar refractivity (Wildman–Crippen MR) is 95.4 cm³/mol. The van der Waals surface area contributed by atoms with E-state index in [1.807, 2.05) is 24.3 Å². The van der Waals surface area contributed by atoms with Crippen LogP contribution in [0, 0.1) is 0 Å². The molecular formula is C16H21BrN2O3S. The second-order valence-electron chi connectivity index (χ2n) is 5.47.